The molecule has 0 aliphatic carbocycles. The van der Waals surface area contributed by atoms with Gasteiger partial charge in [0, 0.05) is 6.61 Å². The third-order valence-corrected chi connectivity index (χ3v) is 4.53. The molecule has 2 aromatic rings. The number of hydrogen-bond donors (Lipinski definition) is 1. The maximum atomic E-state index is 6.47. The Labute approximate surface area is 126 Å². The van der Waals surface area contributed by atoms with Gasteiger partial charge in [-0.25, -0.2) is 0 Å². The molecule has 2 atom stereocenters. The van der Waals surface area contributed by atoms with Crippen LogP contribution < -0.4 is 5.73 Å². The van der Waals surface area contributed by atoms with E-state index >= 15 is 0 Å². The number of rotatable bonds is 3. The normalized spacial score (nSPS) is 23.7. The van der Waals surface area contributed by atoms with Gasteiger partial charge in [0.05, 0.1) is 11.6 Å². The molecule has 0 bridgehead atoms. The largest absolute Gasteiger partial charge is 0.373 e. The van der Waals surface area contributed by atoms with Crippen LogP contribution in [0.2, 0.25) is 0 Å². The lowest BCUT2D eigenvalue weighted by Gasteiger charge is -2.39. The van der Waals surface area contributed by atoms with Gasteiger partial charge in [0.15, 0.2) is 0 Å². The minimum atomic E-state index is -0.230. The zero-order chi connectivity index (χ0) is 14.7. The molecule has 1 aliphatic rings. The average Bonchev–Trinajstić information content (AvgIpc) is 2.56. The number of benzene rings is 2. The Balaban J connectivity index is 1.80. The number of hydrogen-bond acceptors (Lipinski definition) is 2. The summed E-state index contributed by atoms with van der Waals surface area (Å²) < 4.78 is 5.97. The molecule has 0 radical (unpaired) electrons. The van der Waals surface area contributed by atoms with Crippen molar-refractivity contribution >= 4 is 0 Å². The van der Waals surface area contributed by atoms with E-state index in [0.717, 1.165) is 25.0 Å². The van der Waals surface area contributed by atoms with Gasteiger partial charge in [-0.05, 0) is 42.9 Å². The second kappa shape index (κ2) is 6.00. The van der Waals surface area contributed by atoms with Gasteiger partial charge in [-0.3, -0.25) is 0 Å². The maximum Gasteiger partial charge on any atom is 0.0846 e. The quantitative estimate of drug-likeness (QED) is 0.909. The first-order chi connectivity index (χ1) is 10.2. The van der Waals surface area contributed by atoms with Crippen LogP contribution in [0.1, 0.15) is 37.8 Å². The second-order valence-electron chi connectivity index (χ2n) is 6.08. The first-order valence-electron chi connectivity index (χ1n) is 7.74. The third-order valence-electron chi connectivity index (χ3n) is 4.53. The van der Waals surface area contributed by atoms with Gasteiger partial charge in [0.2, 0.25) is 0 Å². The Hall–Kier alpha value is -1.64. The lowest BCUT2D eigenvalue weighted by molar-refractivity contribution is -0.0820. The molecule has 1 fully saturated rings. The molecule has 2 nitrogen and oxygen atoms in total. The minimum absolute atomic E-state index is 0.0670. The Morgan fingerprint density at radius 2 is 1.62 bits per heavy atom. The van der Waals surface area contributed by atoms with Gasteiger partial charge in [-0.15, -0.1) is 0 Å². The van der Waals surface area contributed by atoms with E-state index in [9.17, 15) is 0 Å². The molecule has 0 amide bonds. The smallest absolute Gasteiger partial charge is 0.0846 e. The van der Waals surface area contributed by atoms with Crippen LogP contribution in [0.4, 0.5) is 0 Å². The molecule has 2 N–H and O–H groups in total. The van der Waals surface area contributed by atoms with Gasteiger partial charge in [0.25, 0.3) is 0 Å². The van der Waals surface area contributed by atoms with Crippen molar-refractivity contribution in [3.05, 3.63) is 60.2 Å². The highest BCUT2D eigenvalue weighted by molar-refractivity contribution is 5.63. The van der Waals surface area contributed by atoms with E-state index in [1.54, 1.807) is 0 Å². The number of nitrogens with two attached hydrogens (primary N) is 1. The molecule has 1 saturated heterocycles. The van der Waals surface area contributed by atoms with Crippen LogP contribution in [-0.2, 0) is 4.74 Å². The van der Waals surface area contributed by atoms with Crippen LogP contribution in [0.15, 0.2) is 54.6 Å². The molecule has 2 heteroatoms. The topological polar surface area (TPSA) is 35.2 Å². The van der Waals surface area contributed by atoms with Crippen LogP contribution >= 0.6 is 0 Å². The summed E-state index contributed by atoms with van der Waals surface area (Å²) in [6.45, 7) is 2.97. The van der Waals surface area contributed by atoms with E-state index in [1.165, 1.54) is 17.5 Å². The van der Waals surface area contributed by atoms with Crippen molar-refractivity contribution in [1.82, 2.24) is 0 Å². The molecular weight excluding hydrogens is 258 g/mol. The zero-order valence-electron chi connectivity index (χ0n) is 12.6. The zero-order valence-corrected chi connectivity index (χ0v) is 12.6. The molecule has 1 aliphatic heterocycles. The van der Waals surface area contributed by atoms with Gasteiger partial charge in [-0.1, -0.05) is 54.6 Å². The van der Waals surface area contributed by atoms with Crippen molar-refractivity contribution in [2.75, 3.05) is 6.61 Å². The standard InChI is InChI=1S/C19H23NO/c1-19(13-5-6-14-21-19)18(20)17-11-9-16(10-12-17)15-7-3-2-4-8-15/h2-4,7-12,18H,5-6,13-14,20H2,1H3. The summed E-state index contributed by atoms with van der Waals surface area (Å²) in [4.78, 5) is 0. The highest BCUT2D eigenvalue weighted by atomic mass is 16.5. The SMILES string of the molecule is CC1(C(N)c2ccc(-c3ccccc3)cc2)CCCCO1. The fourth-order valence-electron chi connectivity index (χ4n) is 3.07. The van der Waals surface area contributed by atoms with Crippen molar-refractivity contribution in [3.63, 3.8) is 0 Å². The molecular formula is C19H23NO. The molecule has 2 unspecified atom stereocenters. The van der Waals surface area contributed by atoms with E-state index in [-0.39, 0.29) is 11.6 Å². The van der Waals surface area contributed by atoms with Crippen LogP contribution in [0, 0.1) is 0 Å². The maximum absolute atomic E-state index is 6.47. The molecule has 3 rings (SSSR count). The summed E-state index contributed by atoms with van der Waals surface area (Å²) in [6.07, 6.45) is 3.39. The van der Waals surface area contributed by atoms with Crippen LogP contribution in [0.5, 0.6) is 0 Å². The van der Waals surface area contributed by atoms with Crippen LogP contribution in [0.25, 0.3) is 11.1 Å². The van der Waals surface area contributed by atoms with Crippen LogP contribution in [0.3, 0.4) is 0 Å². The molecule has 110 valence electrons. The first-order valence-corrected chi connectivity index (χ1v) is 7.74. The lowest BCUT2D eigenvalue weighted by atomic mass is 9.84. The molecule has 21 heavy (non-hydrogen) atoms. The van der Waals surface area contributed by atoms with Gasteiger partial charge >= 0.3 is 0 Å². The second-order valence-corrected chi connectivity index (χ2v) is 6.08. The fourth-order valence-corrected chi connectivity index (χ4v) is 3.07. The first kappa shape index (κ1) is 14.3. The Kier molecular flexibility index (Phi) is 4.09. The summed E-state index contributed by atoms with van der Waals surface area (Å²) in [6, 6.07) is 18.9. The third kappa shape index (κ3) is 3.02. The molecule has 1 heterocycles. The van der Waals surface area contributed by atoms with Crippen LogP contribution in [-0.4, -0.2) is 12.2 Å². The summed E-state index contributed by atoms with van der Waals surface area (Å²) in [5.41, 5.74) is 9.85. The van der Waals surface area contributed by atoms with Gasteiger partial charge in [0.1, 0.15) is 0 Å². The van der Waals surface area contributed by atoms with E-state index in [4.69, 9.17) is 10.5 Å². The van der Waals surface area contributed by atoms with E-state index in [2.05, 4.69) is 55.5 Å². The van der Waals surface area contributed by atoms with Crippen molar-refractivity contribution in [2.24, 2.45) is 5.73 Å². The van der Waals surface area contributed by atoms with Crippen molar-refractivity contribution < 1.29 is 4.74 Å². The Morgan fingerprint density at radius 3 is 2.24 bits per heavy atom. The summed E-state index contributed by atoms with van der Waals surface area (Å²) in [5.74, 6) is 0. The fraction of sp³-hybridized carbons (Fsp3) is 0.368. The Bertz CT molecular complexity index is 570. The predicted octanol–water partition coefficient (Wildman–Crippen LogP) is 4.31. The number of ether oxygens (including phenoxy) is 1. The molecule has 0 spiro atoms. The van der Waals surface area contributed by atoms with E-state index < -0.39 is 0 Å². The van der Waals surface area contributed by atoms with E-state index in [1.807, 2.05) is 6.07 Å². The summed E-state index contributed by atoms with van der Waals surface area (Å²) in [5, 5.41) is 0. The molecule has 2 aromatic carbocycles. The monoisotopic (exact) mass is 281 g/mol. The molecule has 0 aromatic heterocycles. The highest BCUT2D eigenvalue weighted by Crippen LogP contribution is 2.35. The predicted molar refractivity (Wildman–Crippen MR) is 87.0 cm³/mol. The molecule has 0 saturated carbocycles. The summed E-state index contributed by atoms with van der Waals surface area (Å²) >= 11 is 0. The highest BCUT2D eigenvalue weighted by Gasteiger charge is 2.35. The van der Waals surface area contributed by atoms with Crippen molar-refractivity contribution in [1.29, 1.82) is 0 Å². The van der Waals surface area contributed by atoms with E-state index in [0.29, 0.717) is 0 Å². The average molecular weight is 281 g/mol. The van der Waals surface area contributed by atoms with Crippen molar-refractivity contribution in [3.8, 4) is 11.1 Å². The Morgan fingerprint density at radius 1 is 0.952 bits per heavy atom. The van der Waals surface area contributed by atoms with Gasteiger partial charge < -0.3 is 10.5 Å². The van der Waals surface area contributed by atoms with Crippen molar-refractivity contribution in [2.45, 2.75) is 37.8 Å². The summed E-state index contributed by atoms with van der Waals surface area (Å²) in [7, 11) is 0. The van der Waals surface area contributed by atoms with Gasteiger partial charge in [-0.2, -0.15) is 0 Å². The lowest BCUT2D eigenvalue weighted by Crippen LogP contribution is -2.43. The minimum Gasteiger partial charge on any atom is -0.373 e.